The lowest BCUT2D eigenvalue weighted by molar-refractivity contribution is 0.465. The maximum absolute atomic E-state index is 6.67. The Labute approximate surface area is 310 Å². The monoisotopic (exact) mass is 686 g/mol. The van der Waals surface area contributed by atoms with Crippen LogP contribution in [0.25, 0.3) is 87.3 Å². The molecule has 11 aromatic rings. The Bertz CT molecular complexity index is 3340. The second-order valence-corrected chi connectivity index (χ2v) is 14.8. The fraction of sp³-hybridized carbons (Fsp3) is 0. The van der Waals surface area contributed by atoms with E-state index in [1.807, 2.05) is 12.1 Å². The number of fused-ring (bicyclic) bond motifs is 8. The van der Waals surface area contributed by atoms with Gasteiger partial charge < -0.3 is 13.9 Å². The molecule has 10 aromatic carbocycles. The highest BCUT2D eigenvalue weighted by molar-refractivity contribution is 6.98. The van der Waals surface area contributed by atoms with Gasteiger partial charge in [0.05, 0.1) is 0 Å². The molecular weight excluding hydrogens is 659 g/mol. The fourth-order valence-corrected chi connectivity index (χ4v) is 9.48. The summed E-state index contributed by atoms with van der Waals surface area (Å²) in [4.78, 5) is 0. The number of rotatable bonds is 2. The van der Waals surface area contributed by atoms with Gasteiger partial charge in [0.25, 0.3) is 6.71 Å². The van der Waals surface area contributed by atoms with Crippen molar-refractivity contribution in [2.45, 2.75) is 0 Å². The van der Waals surface area contributed by atoms with Crippen LogP contribution in [0.2, 0.25) is 0 Å². The van der Waals surface area contributed by atoms with Crippen LogP contribution in [0.3, 0.4) is 0 Å². The summed E-state index contributed by atoms with van der Waals surface area (Å²) in [5.41, 5.74) is 9.80. The molecule has 13 rings (SSSR count). The molecule has 0 saturated carbocycles. The molecule has 4 heteroatoms. The molecule has 0 aliphatic carbocycles. The van der Waals surface area contributed by atoms with Crippen molar-refractivity contribution in [3.63, 3.8) is 0 Å². The number of para-hydroxylation sites is 2. The van der Waals surface area contributed by atoms with Gasteiger partial charge in [0.15, 0.2) is 0 Å². The van der Waals surface area contributed by atoms with Gasteiger partial charge in [-0.05, 0) is 125 Å². The van der Waals surface area contributed by atoms with Crippen molar-refractivity contribution >= 4 is 88.1 Å². The third-order valence-corrected chi connectivity index (χ3v) is 11.9. The molecule has 0 spiro atoms. The summed E-state index contributed by atoms with van der Waals surface area (Å²) in [6, 6.07) is 58.9. The van der Waals surface area contributed by atoms with E-state index >= 15 is 0 Å². The quantitative estimate of drug-likeness (QED) is 0.134. The third kappa shape index (κ3) is 3.81. The lowest BCUT2D eigenvalue weighted by atomic mass is 9.35. The van der Waals surface area contributed by atoms with Crippen molar-refractivity contribution in [1.82, 2.24) is 0 Å². The Morgan fingerprint density at radius 2 is 0.889 bits per heavy atom. The van der Waals surface area contributed by atoms with Crippen LogP contribution in [0.5, 0.6) is 23.0 Å². The summed E-state index contributed by atoms with van der Waals surface area (Å²) < 4.78 is 19.8. The highest BCUT2D eigenvalue weighted by Crippen LogP contribution is 2.45. The van der Waals surface area contributed by atoms with E-state index in [9.17, 15) is 0 Å². The van der Waals surface area contributed by atoms with Crippen molar-refractivity contribution < 1.29 is 13.9 Å². The van der Waals surface area contributed by atoms with E-state index in [-0.39, 0.29) is 6.71 Å². The van der Waals surface area contributed by atoms with Crippen LogP contribution in [0.1, 0.15) is 0 Å². The van der Waals surface area contributed by atoms with E-state index in [4.69, 9.17) is 13.9 Å². The Morgan fingerprint density at radius 1 is 0.352 bits per heavy atom. The Balaban J connectivity index is 0.995. The molecular formula is C50H27BO3. The molecule has 3 nitrogen and oxygen atoms in total. The van der Waals surface area contributed by atoms with Crippen LogP contribution in [0.15, 0.2) is 168 Å². The number of furan rings is 1. The maximum atomic E-state index is 6.67. The molecule has 248 valence electrons. The number of benzene rings is 10. The molecule has 3 heterocycles. The molecule has 54 heavy (non-hydrogen) atoms. The minimum absolute atomic E-state index is 0.0529. The standard InChI is InChI=1S/C50H27BO3/c1-2-8-31-24-45-39(23-30(31)7-1)36-20-17-32(25-44(36)54-45)34-18-13-28-16-22-38-35(19-14-29-15-21-37(34)48(28)49(29)38)33-26-46-50-47(27-33)53-43-12-6-4-10-41(43)51(50)40-9-3-5-11-42(40)52-46/h1-27H. The summed E-state index contributed by atoms with van der Waals surface area (Å²) in [6.07, 6.45) is 0. The zero-order valence-electron chi connectivity index (χ0n) is 28.9. The Morgan fingerprint density at radius 3 is 1.56 bits per heavy atom. The van der Waals surface area contributed by atoms with Crippen molar-refractivity contribution in [3.8, 4) is 45.3 Å². The Kier molecular flexibility index (Phi) is 5.45. The lowest BCUT2D eigenvalue weighted by Crippen LogP contribution is -2.57. The van der Waals surface area contributed by atoms with Gasteiger partial charge >= 0.3 is 0 Å². The fourth-order valence-electron chi connectivity index (χ4n) is 9.48. The van der Waals surface area contributed by atoms with Crippen LogP contribution in [-0.4, -0.2) is 6.71 Å². The van der Waals surface area contributed by atoms with Crippen molar-refractivity contribution in [1.29, 1.82) is 0 Å². The molecule has 0 bridgehead atoms. The zero-order valence-corrected chi connectivity index (χ0v) is 28.9. The van der Waals surface area contributed by atoms with Gasteiger partial charge in [0.1, 0.15) is 34.2 Å². The second kappa shape index (κ2) is 10.3. The first-order valence-corrected chi connectivity index (χ1v) is 18.5. The smallest absolute Gasteiger partial charge is 0.260 e. The predicted octanol–water partition coefficient (Wildman–Crippen LogP) is 11.7. The van der Waals surface area contributed by atoms with E-state index in [1.54, 1.807) is 0 Å². The average Bonchev–Trinajstić information content (AvgIpc) is 3.58. The summed E-state index contributed by atoms with van der Waals surface area (Å²) in [6.45, 7) is 0.0529. The predicted molar refractivity (Wildman–Crippen MR) is 223 cm³/mol. The van der Waals surface area contributed by atoms with E-state index < -0.39 is 0 Å². The topological polar surface area (TPSA) is 31.6 Å². The molecule has 0 saturated heterocycles. The second-order valence-electron chi connectivity index (χ2n) is 14.8. The van der Waals surface area contributed by atoms with Crippen molar-refractivity contribution in [3.05, 3.63) is 164 Å². The van der Waals surface area contributed by atoms with Gasteiger partial charge in [-0.1, -0.05) is 115 Å². The number of ether oxygens (including phenoxy) is 2. The van der Waals surface area contributed by atoms with Crippen molar-refractivity contribution in [2.24, 2.45) is 0 Å². The van der Waals surface area contributed by atoms with E-state index in [2.05, 4.69) is 152 Å². The summed E-state index contributed by atoms with van der Waals surface area (Å²) in [5, 5.41) is 12.1. The van der Waals surface area contributed by atoms with E-state index in [1.165, 1.54) is 59.6 Å². The van der Waals surface area contributed by atoms with E-state index in [0.717, 1.165) is 67.1 Å². The summed E-state index contributed by atoms with van der Waals surface area (Å²) in [5.74, 6) is 3.49. The van der Waals surface area contributed by atoms with Gasteiger partial charge in [-0.15, -0.1) is 0 Å². The molecule has 1 aromatic heterocycles. The SMILES string of the molecule is c1ccc2c(c1)Oc1cc(-c3ccc4ccc5c(-c6ccc7c(c6)oc6cc8ccccc8cc67)ccc6ccc3c4c65)cc3c1B2c1ccccc1O3. The molecule has 0 radical (unpaired) electrons. The number of hydrogen-bond acceptors (Lipinski definition) is 3. The summed E-state index contributed by atoms with van der Waals surface area (Å²) in [7, 11) is 0. The van der Waals surface area contributed by atoms with Gasteiger partial charge in [-0.25, -0.2) is 0 Å². The molecule has 0 N–H and O–H groups in total. The lowest BCUT2D eigenvalue weighted by Gasteiger charge is -2.33. The van der Waals surface area contributed by atoms with E-state index in [0.29, 0.717) is 0 Å². The van der Waals surface area contributed by atoms with Crippen LogP contribution >= 0.6 is 0 Å². The number of hydrogen-bond donors (Lipinski definition) is 0. The molecule has 0 unspecified atom stereocenters. The van der Waals surface area contributed by atoms with Crippen LogP contribution in [-0.2, 0) is 0 Å². The van der Waals surface area contributed by atoms with Gasteiger partial charge in [-0.3, -0.25) is 0 Å². The maximum Gasteiger partial charge on any atom is 0.260 e. The third-order valence-electron chi connectivity index (χ3n) is 11.9. The largest absolute Gasteiger partial charge is 0.458 e. The normalized spacial score (nSPS) is 13.1. The van der Waals surface area contributed by atoms with Gasteiger partial charge in [0, 0.05) is 16.2 Å². The highest BCUT2D eigenvalue weighted by atomic mass is 16.5. The first-order valence-electron chi connectivity index (χ1n) is 18.5. The zero-order chi connectivity index (χ0) is 35.1. The molecule has 0 atom stereocenters. The molecule has 2 aliphatic heterocycles. The highest BCUT2D eigenvalue weighted by Gasteiger charge is 2.40. The van der Waals surface area contributed by atoms with Crippen LogP contribution < -0.4 is 25.9 Å². The first kappa shape index (κ1) is 28.5. The first-order chi connectivity index (χ1) is 26.7. The van der Waals surface area contributed by atoms with Crippen molar-refractivity contribution in [2.75, 3.05) is 0 Å². The van der Waals surface area contributed by atoms with Crippen LogP contribution in [0, 0.1) is 0 Å². The van der Waals surface area contributed by atoms with Gasteiger partial charge in [-0.2, -0.15) is 0 Å². The van der Waals surface area contributed by atoms with Gasteiger partial charge in [0.2, 0.25) is 0 Å². The minimum atomic E-state index is 0.0529. The Hall–Kier alpha value is -7.04. The average molecular weight is 687 g/mol. The molecule has 0 fully saturated rings. The summed E-state index contributed by atoms with van der Waals surface area (Å²) >= 11 is 0. The molecule has 2 aliphatic rings. The van der Waals surface area contributed by atoms with Crippen LogP contribution in [0.4, 0.5) is 0 Å². The minimum Gasteiger partial charge on any atom is -0.458 e. The molecule has 0 amide bonds.